The minimum Gasteiger partial charge on any atom is -0.480 e. The molecule has 0 radical (unpaired) electrons. The zero-order valence-electron chi connectivity index (χ0n) is 9.82. The van der Waals surface area contributed by atoms with Gasteiger partial charge in [0.1, 0.15) is 13.1 Å². The lowest BCUT2D eigenvalue weighted by Crippen LogP contribution is -2.48. The van der Waals surface area contributed by atoms with Gasteiger partial charge < -0.3 is 10.2 Å². The molecule has 0 saturated heterocycles. The fraction of sp³-hybridized carbons (Fsp3) is 0.750. The van der Waals surface area contributed by atoms with E-state index in [-0.39, 0.29) is 0 Å². The first-order valence-corrected chi connectivity index (χ1v) is 6.15. The molecule has 0 bridgehead atoms. The highest BCUT2D eigenvalue weighted by molar-refractivity contribution is 7.86. The van der Waals surface area contributed by atoms with Crippen LogP contribution in [0.5, 0.6) is 0 Å². The predicted octanol–water partition coefficient (Wildman–Crippen LogP) is -0.957. The number of rotatable bonds is 7. The monoisotopic (exact) mass is 268 g/mol. The molecule has 0 unspecified atom stereocenters. The SMILES string of the molecule is CC(C)N(C)S(=O)(=O)N(CC(=O)O)CC(=O)O. The number of aliphatic carboxylic acids is 2. The lowest BCUT2D eigenvalue weighted by molar-refractivity contribution is -0.139. The molecule has 9 heteroatoms. The van der Waals surface area contributed by atoms with Crippen molar-refractivity contribution in [3.05, 3.63) is 0 Å². The summed E-state index contributed by atoms with van der Waals surface area (Å²) in [5, 5.41) is 17.1. The molecule has 0 saturated carbocycles. The van der Waals surface area contributed by atoms with E-state index in [4.69, 9.17) is 10.2 Å². The Labute approximate surface area is 99.6 Å². The smallest absolute Gasteiger partial charge is 0.318 e. The average Bonchev–Trinajstić information content (AvgIpc) is 2.13. The summed E-state index contributed by atoms with van der Waals surface area (Å²) >= 11 is 0. The van der Waals surface area contributed by atoms with Crippen LogP contribution in [0.25, 0.3) is 0 Å². The normalized spacial score (nSPS) is 12.4. The van der Waals surface area contributed by atoms with E-state index >= 15 is 0 Å². The van der Waals surface area contributed by atoms with Crippen molar-refractivity contribution in [1.29, 1.82) is 0 Å². The zero-order chi connectivity index (χ0) is 13.8. The third-order valence-electron chi connectivity index (χ3n) is 2.04. The first-order valence-electron chi connectivity index (χ1n) is 4.75. The minimum absolute atomic E-state index is 0.398. The van der Waals surface area contributed by atoms with Crippen LogP contribution in [0.3, 0.4) is 0 Å². The molecule has 0 aromatic carbocycles. The second-order valence-corrected chi connectivity index (χ2v) is 5.66. The Morgan fingerprint density at radius 2 is 1.47 bits per heavy atom. The molecule has 0 aromatic heterocycles. The topological polar surface area (TPSA) is 115 Å². The van der Waals surface area contributed by atoms with Gasteiger partial charge in [-0.25, -0.2) is 0 Å². The largest absolute Gasteiger partial charge is 0.480 e. The van der Waals surface area contributed by atoms with E-state index in [1.54, 1.807) is 13.8 Å². The van der Waals surface area contributed by atoms with E-state index in [2.05, 4.69) is 0 Å². The van der Waals surface area contributed by atoms with Crippen LogP contribution >= 0.6 is 0 Å². The summed E-state index contributed by atoms with van der Waals surface area (Å²) in [4.78, 5) is 21.0. The van der Waals surface area contributed by atoms with Gasteiger partial charge in [-0.15, -0.1) is 0 Å². The molecule has 0 amide bonds. The first-order chi connectivity index (χ1) is 7.59. The molecule has 0 fully saturated rings. The van der Waals surface area contributed by atoms with Gasteiger partial charge in [0.15, 0.2) is 0 Å². The molecule has 0 aliphatic rings. The third kappa shape index (κ3) is 4.67. The van der Waals surface area contributed by atoms with Gasteiger partial charge >= 0.3 is 11.9 Å². The molecule has 0 rings (SSSR count). The van der Waals surface area contributed by atoms with Gasteiger partial charge in [-0.2, -0.15) is 17.0 Å². The molecule has 100 valence electrons. The van der Waals surface area contributed by atoms with Crippen LogP contribution in [0.4, 0.5) is 0 Å². The van der Waals surface area contributed by atoms with Crippen molar-refractivity contribution in [2.24, 2.45) is 0 Å². The van der Waals surface area contributed by atoms with Crippen molar-refractivity contribution in [3.8, 4) is 0 Å². The molecular formula is C8H16N2O6S. The molecule has 0 aliphatic heterocycles. The van der Waals surface area contributed by atoms with E-state index < -0.39 is 41.3 Å². The van der Waals surface area contributed by atoms with E-state index in [9.17, 15) is 18.0 Å². The Bertz CT molecular complexity index is 375. The van der Waals surface area contributed by atoms with Gasteiger partial charge in [0.2, 0.25) is 0 Å². The summed E-state index contributed by atoms with van der Waals surface area (Å²) < 4.78 is 25.1. The van der Waals surface area contributed by atoms with Gasteiger partial charge in [0, 0.05) is 13.1 Å². The predicted molar refractivity (Wildman–Crippen MR) is 58.7 cm³/mol. The highest BCUT2D eigenvalue weighted by Crippen LogP contribution is 2.09. The fourth-order valence-electron chi connectivity index (χ4n) is 0.969. The van der Waals surface area contributed by atoms with Gasteiger partial charge in [0.05, 0.1) is 0 Å². The summed E-state index contributed by atoms with van der Waals surface area (Å²) in [6.45, 7) is 1.42. The maximum absolute atomic E-state index is 11.9. The molecular weight excluding hydrogens is 252 g/mol. The second kappa shape index (κ2) is 5.94. The standard InChI is InChI=1S/C8H16N2O6S/c1-6(2)9(3)17(15,16)10(4-7(11)12)5-8(13)14/h6H,4-5H2,1-3H3,(H,11,12)(H,13,14). The molecule has 0 spiro atoms. The maximum Gasteiger partial charge on any atom is 0.318 e. The number of hydrogen-bond acceptors (Lipinski definition) is 4. The third-order valence-corrected chi connectivity index (χ3v) is 4.10. The Morgan fingerprint density at radius 1 is 1.12 bits per heavy atom. The minimum atomic E-state index is -4.09. The van der Waals surface area contributed by atoms with Crippen molar-refractivity contribution in [3.63, 3.8) is 0 Å². The second-order valence-electron chi connectivity index (χ2n) is 3.67. The number of carboxylic acids is 2. The Morgan fingerprint density at radius 3 is 1.71 bits per heavy atom. The van der Waals surface area contributed by atoms with Crippen molar-refractivity contribution < 1.29 is 28.2 Å². The average molecular weight is 268 g/mol. The van der Waals surface area contributed by atoms with Crippen molar-refractivity contribution in [1.82, 2.24) is 8.61 Å². The molecule has 17 heavy (non-hydrogen) atoms. The number of carboxylic acid groups (broad SMARTS) is 2. The van der Waals surface area contributed by atoms with Crippen LogP contribution < -0.4 is 0 Å². The molecule has 0 heterocycles. The Hall–Kier alpha value is -1.19. The van der Waals surface area contributed by atoms with Crippen LogP contribution in [0.1, 0.15) is 13.8 Å². The van der Waals surface area contributed by atoms with E-state index in [1.165, 1.54) is 7.05 Å². The quantitative estimate of drug-likeness (QED) is 0.614. The van der Waals surface area contributed by atoms with Crippen LogP contribution in [-0.2, 0) is 19.8 Å². The number of hydrogen-bond donors (Lipinski definition) is 2. The first kappa shape index (κ1) is 15.8. The van der Waals surface area contributed by atoms with Gasteiger partial charge in [-0.05, 0) is 13.8 Å². The van der Waals surface area contributed by atoms with Crippen LogP contribution in [0.15, 0.2) is 0 Å². The molecule has 0 atom stereocenters. The lowest BCUT2D eigenvalue weighted by Gasteiger charge is -2.27. The summed E-state index contributed by atoms with van der Waals surface area (Å²) in [6.07, 6.45) is 0. The summed E-state index contributed by atoms with van der Waals surface area (Å²) in [6, 6.07) is -0.398. The number of nitrogens with zero attached hydrogens (tertiary/aromatic N) is 2. The maximum atomic E-state index is 11.9. The Kier molecular flexibility index (Phi) is 5.52. The van der Waals surface area contributed by atoms with Crippen LogP contribution in [-0.4, -0.2) is 65.4 Å². The zero-order valence-corrected chi connectivity index (χ0v) is 10.6. The lowest BCUT2D eigenvalue weighted by atomic mass is 10.4. The summed E-state index contributed by atoms with van der Waals surface area (Å²) in [5.41, 5.74) is 0. The van der Waals surface area contributed by atoms with Gasteiger partial charge in [0.25, 0.3) is 10.2 Å². The van der Waals surface area contributed by atoms with Crippen molar-refractivity contribution in [2.75, 3.05) is 20.1 Å². The van der Waals surface area contributed by atoms with Crippen molar-refractivity contribution in [2.45, 2.75) is 19.9 Å². The molecule has 0 aliphatic carbocycles. The van der Waals surface area contributed by atoms with E-state index in [1.807, 2.05) is 0 Å². The summed E-state index contributed by atoms with van der Waals surface area (Å²) in [7, 11) is -2.82. The number of carbonyl (C=O) groups is 2. The van der Waals surface area contributed by atoms with Crippen molar-refractivity contribution >= 4 is 22.1 Å². The van der Waals surface area contributed by atoms with Gasteiger partial charge in [-0.3, -0.25) is 9.59 Å². The van der Waals surface area contributed by atoms with E-state index in [0.29, 0.717) is 4.31 Å². The van der Waals surface area contributed by atoms with Crippen LogP contribution in [0, 0.1) is 0 Å². The molecule has 8 nitrogen and oxygen atoms in total. The fourth-order valence-corrected chi connectivity index (χ4v) is 2.41. The molecule has 0 aromatic rings. The van der Waals surface area contributed by atoms with Crippen LogP contribution in [0.2, 0.25) is 0 Å². The Balaban J connectivity index is 5.15. The highest BCUT2D eigenvalue weighted by Gasteiger charge is 2.31. The highest BCUT2D eigenvalue weighted by atomic mass is 32.2. The van der Waals surface area contributed by atoms with E-state index in [0.717, 1.165) is 4.31 Å². The van der Waals surface area contributed by atoms with Gasteiger partial charge in [-0.1, -0.05) is 0 Å². The molecule has 2 N–H and O–H groups in total. The summed E-state index contributed by atoms with van der Waals surface area (Å²) in [5.74, 6) is -2.82.